The van der Waals surface area contributed by atoms with Gasteiger partial charge in [-0.25, -0.2) is 13.1 Å². The molecule has 106 valence electrons. The first-order valence-electron chi connectivity index (χ1n) is 5.90. The Morgan fingerprint density at radius 3 is 2.35 bits per heavy atom. The minimum Gasteiger partial charge on any atom is -0.497 e. The Balaban J connectivity index is 2.11. The largest absolute Gasteiger partial charge is 0.497 e. The van der Waals surface area contributed by atoms with Gasteiger partial charge in [0.15, 0.2) is 0 Å². The van der Waals surface area contributed by atoms with E-state index >= 15 is 0 Å². The Bertz CT molecular complexity index is 684. The number of benzene rings is 2. The smallest absolute Gasteiger partial charge is 0.241 e. The van der Waals surface area contributed by atoms with Gasteiger partial charge in [-0.1, -0.05) is 24.3 Å². The van der Waals surface area contributed by atoms with Crippen LogP contribution in [0.25, 0.3) is 0 Å². The molecular formula is C14H14INO3S. The minimum atomic E-state index is -3.49. The van der Waals surface area contributed by atoms with Gasteiger partial charge in [0.05, 0.1) is 12.0 Å². The number of methoxy groups -OCH3 is 1. The molecule has 1 N–H and O–H groups in total. The van der Waals surface area contributed by atoms with Crippen molar-refractivity contribution in [3.05, 3.63) is 57.7 Å². The van der Waals surface area contributed by atoms with Crippen molar-refractivity contribution in [2.75, 3.05) is 7.11 Å². The van der Waals surface area contributed by atoms with Gasteiger partial charge >= 0.3 is 0 Å². The average molecular weight is 403 g/mol. The zero-order valence-corrected chi connectivity index (χ0v) is 13.8. The summed E-state index contributed by atoms with van der Waals surface area (Å²) in [6.45, 7) is 0.247. The molecule has 2 aromatic rings. The number of sulfonamides is 1. The molecule has 20 heavy (non-hydrogen) atoms. The summed E-state index contributed by atoms with van der Waals surface area (Å²) in [5.41, 5.74) is 0.875. The van der Waals surface area contributed by atoms with Crippen LogP contribution in [0.15, 0.2) is 53.4 Å². The highest BCUT2D eigenvalue weighted by molar-refractivity contribution is 14.1. The standard InChI is InChI=1S/C14H14INO3S/c1-19-12-8-6-11(7-9-12)10-16-20(17,18)14-5-3-2-4-13(14)15/h2-9,16H,10H2,1H3. The molecule has 0 atom stereocenters. The summed E-state index contributed by atoms with van der Waals surface area (Å²) in [4.78, 5) is 0.300. The maximum absolute atomic E-state index is 12.2. The highest BCUT2D eigenvalue weighted by Crippen LogP contribution is 2.18. The van der Waals surface area contributed by atoms with Crippen molar-refractivity contribution in [3.63, 3.8) is 0 Å². The molecule has 0 amide bonds. The fourth-order valence-corrected chi connectivity index (χ4v) is 4.01. The summed E-state index contributed by atoms with van der Waals surface area (Å²) < 4.78 is 32.8. The number of hydrogen-bond donors (Lipinski definition) is 1. The second kappa shape index (κ2) is 6.55. The zero-order valence-electron chi connectivity index (χ0n) is 10.8. The normalized spacial score (nSPS) is 11.3. The van der Waals surface area contributed by atoms with Gasteiger partial charge in [-0.05, 0) is 52.4 Å². The second-order valence-corrected chi connectivity index (χ2v) is 7.00. The number of halogens is 1. The topological polar surface area (TPSA) is 55.4 Å². The van der Waals surface area contributed by atoms with E-state index in [-0.39, 0.29) is 6.54 Å². The maximum atomic E-state index is 12.2. The Labute approximate surface area is 132 Å². The molecule has 0 saturated heterocycles. The first-order valence-corrected chi connectivity index (χ1v) is 8.46. The van der Waals surface area contributed by atoms with Crippen molar-refractivity contribution < 1.29 is 13.2 Å². The molecule has 0 aromatic heterocycles. The molecule has 0 heterocycles. The van der Waals surface area contributed by atoms with Gasteiger partial charge in [0.1, 0.15) is 5.75 Å². The summed E-state index contributed by atoms with van der Waals surface area (Å²) in [7, 11) is -1.90. The van der Waals surface area contributed by atoms with Crippen LogP contribution in [0.4, 0.5) is 0 Å². The monoisotopic (exact) mass is 403 g/mol. The Hall–Kier alpha value is -1.12. The molecule has 0 spiro atoms. The third kappa shape index (κ3) is 3.71. The van der Waals surface area contributed by atoms with Gasteiger partial charge in [-0.15, -0.1) is 0 Å². The van der Waals surface area contributed by atoms with Crippen LogP contribution >= 0.6 is 22.6 Å². The van der Waals surface area contributed by atoms with Crippen LogP contribution < -0.4 is 9.46 Å². The molecule has 0 radical (unpaired) electrons. The fraction of sp³-hybridized carbons (Fsp3) is 0.143. The molecule has 0 fully saturated rings. The maximum Gasteiger partial charge on any atom is 0.241 e. The molecule has 0 bridgehead atoms. The van der Waals surface area contributed by atoms with Gasteiger partial charge < -0.3 is 4.74 Å². The van der Waals surface area contributed by atoms with Crippen LogP contribution in [0, 0.1) is 3.57 Å². The highest BCUT2D eigenvalue weighted by atomic mass is 127. The fourth-order valence-electron chi connectivity index (χ4n) is 1.66. The number of hydrogen-bond acceptors (Lipinski definition) is 3. The number of ether oxygens (including phenoxy) is 1. The van der Waals surface area contributed by atoms with Crippen molar-refractivity contribution >= 4 is 32.6 Å². The predicted molar refractivity (Wildman–Crippen MR) is 86.2 cm³/mol. The first-order chi connectivity index (χ1) is 9.53. The van der Waals surface area contributed by atoms with E-state index < -0.39 is 10.0 Å². The molecule has 4 nitrogen and oxygen atoms in total. The molecule has 0 aliphatic carbocycles. The lowest BCUT2D eigenvalue weighted by atomic mass is 10.2. The molecule has 0 aliphatic rings. The zero-order chi connectivity index (χ0) is 14.6. The molecule has 6 heteroatoms. The van der Waals surface area contributed by atoms with Crippen molar-refractivity contribution in [1.29, 1.82) is 0 Å². The molecule has 2 aromatic carbocycles. The average Bonchev–Trinajstić information content (AvgIpc) is 2.46. The molecule has 0 aliphatic heterocycles. The predicted octanol–water partition coefficient (Wildman–Crippen LogP) is 2.78. The van der Waals surface area contributed by atoms with Gasteiger partial charge in [-0.3, -0.25) is 0 Å². The van der Waals surface area contributed by atoms with Crippen LogP contribution in [0.3, 0.4) is 0 Å². The van der Waals surface area contributed by atoms with E-state index in [0.717, 1.165) is 11.3 Å². The third-order valence-electron chi connectivity index (χ3n) is 2.75. The number of nitrogens with one attached hydrogen (secondary N) is 1. The second-order valence-electron chi connectivity index (χ2n) is 4.10. The van der Waals surface area contributed by atoms with Crippen LogP contribution in [0.5, 0.6) is 5.75 Å². The molecular weight excluding hydrogens is 389 g/mol. The van der Waals surface area contributed by atoms with Crippen LogP contribution in [0.1, 0.15) is 5.56 Å². The van der Waals surface area contributed by atoms with Crippen LogP contribution in [-0.2, 0) is 16.6 Å². The highest BCUT2D eigenvalue weighted by Gasteiger charge is 2.16. The molecule has 2 rings (SSSR count). The summed E-state index contributed by atoms with van der Waals surface area (Å²) in [6, 6.07) is 14.1. The minimum absolute atomic E-state index is 0.247. The van der Waals surface area contributed by atoms with Crippen LogP contribution in [-0.4, -0.2) is 15.5 Å². The van der Waals surface area contributed by atoms with E-state index in [1.54, 1.807) is 37.4 Å². The Morgan fingerprint density at radius 2 is 1.75 bits per heavy atom. The Kier molecular flexibility index (Phi) is 5.00. The first kappa shape index (κ1) is 15.3. The van der Waals surface area contributed by atoms with Crippen molar-refractivity contribution in [3.8, 4) is 5.75 Å². The van der Waals surface area contributed by atoms with Gasteiger partial charge in [0, 0.05) is 10.1 Å². The van der Waals surface area contributed by atoms with Crippen molar-refractivity contribution in [1.82, 2.24) is 4.72 Å². The lowest BCUT2D eigenvalue weighted by Gasteiger charge is -2.09. The van der Waals surface area contributed by atoms with E-state index in [9.17, 15) is 8.42 Å². The van der Waals surface area contributed by atoms with E-state index in [2.05, 4.69) is 4.72 Å². The lowest BCUT2D eigenvalue weighted by Crippen LogP contribution is -2.24. The summed E-state index contributed by atoms with van der Waals surface area (Å²) in [6.07, 6.45) is 0. The Morgan fingerprint density at radius 1 is 1.10 bits per heavy atom. The SMILES string of the molecule is COc1ccc(CNS(=O)(=O)c2ccccc2I)cc1. The van der Waals surface area contributed by atoms with Crippen molar-refractivity contribution in [2.45, 2.75) is 11.4 Å². The summed E-state index contributed by atoms with van der Waals surface area (Å²) in [5.74, 6) is 0.745. The lowest BCUT2D eigenvalue weighted by molar-refractivity contribution is 0.414. The molecule has 0 saturated carbocycles. The van der Waals surface area contributed by atoms with E-state index in [1.165, 1.54) is 0 Å². The molecule has 0 unspecified atom stereocenters. The summed E-state index contributed by atoms with van der Waals surface area (Å²) in [5, 5.41) is 0. The van der Waals surface area contributed by atoms with E-state index in [1.807, 2.05) is 40.8 Å². The number of rotatable bonds is 5. The van der Waals surface area contributed by atoms with Gasteiger partial charge in [0.2, 0.25) is 10.0 Å². The third-order valence-corrected chi connectivity index (χ3v) is 5.52. The van der Waals surface area contributed by atoms with E-state index in [4.69, 9.17) is 4.74 Å². The van der Waals surface area contributed by atoms with E-state index in [0.29, 0.717) is 8.47 Å². The van der Waals surface area contributed by atoms with Crippen molar-refractivity contribution in [2.24, 2.45) is 0 Å². The summed E-state index contributed by atoms with van der Waals surface area (Å²) >= 11 is 2.01. The van der Waals surface area contributed by atoms with Gasteiger partial charge in [-0.2, -0.15) is 0 Å². The quantitative estimate of drug-likeness (QED) is 0.782. The van der Waals surface area contributed by atoms with Crippen LogP contribution in [0.2, 0.25) is 0 Å². The van der Waals surface area contributed by atoms with Gasteiger partial charge in [0.25, 0.3) is 0 Å².